The van der Waals surface area contributed by atoms with Crippen LogP contribution in [0.25, 0.3) is 0 Å². The minimum Gasteiger partial charge on any atom is -0.434 e. The average Bonchev–Trinajstić information content (AvgIpc) is 2.71. The van der Waals surface area contributed by atoms with Crippen LogP contribution in [0, 0.1) is 10.1 Å². The zero-order valence-electron chi connectivity index (χ0n) is 9.74. The molecule has 1 heterocycles. The predicted molar refractivity (Wildman–Crippen MR) is 64.3 cm³/mol. The SMILES string of the molecule is Cn1cnc([N+](=O)[O-])c1Oc1cccc(CN)c1. The van der Waals surface area contributed by atoms with Gasteiger partial charge < -0.3 is 20.6 Å². The van der Waals surface area contributed by atoms with Gasteiger partial charge in [0.15, 0.2) is 0 Å². The first-order valence-electron chi connectivity index (χ1n) is 5.24. The molecule has 0 atom stereocenters. The summed E-state index contributed by atoms with van der Waals surface area (Å²) in [4.78, 5) is 13.9. The van der Waals surface area contributed by atoms with E-state index in [4.69, 9.17) is 10.5 Å². The lowest BCUT2D eigenvalue weighted by molar-refractivity contribution is -0.390. The van der Waals surface area contributed by atoms with E-state index in [9.17, 15) is 10.1 Å². The van der Waals surface area contributed by atoms with Gasteiger partial charge in [0.25, 0.3) is 0 Å². The minimum absolute atomic E-state index is 0.0918. The monoisotopic (exact) mass is 248 g/mol. The molecule has 0 bridgehead atoms. The number of rotatable bonds is 4. The predicted octanol–water partition coefficient (Wildman–Crippen LogP) is 1.58. The highest BCUT2D eigenvalue weighted by Crippen LogP contribution is 2.29. The van der Waals surface area contributed by atoms with Crippen LogP contribution in [0.5, 0.6) is 11.6 Å². The second kappa shape index (κ2) is 4.84. The molecule has 7 heteroatoms. The van der Waals surface area contributed by atoms with Gasteiger partial charge in [-0.15, -0.1) is 0 Å². The Morgan fingerprint density at radius 1 is 1.56 bits per heavy atom. The molecule has 0 amide bonds. The molecule has 1 aromatic carbocycles. The maximum atomic E-state index is 10.8. The Bertz CT molecular complexity index is 579. The van der Waals surface area contributed by atoms with Gasteiger partial charge in [0.05, 0.1) is 0 Å². The van der Waals surface area contributed by atoms with Crippen LogP contribution in [0.1, 0.15) is 5.56 Å². The summed E-state index contributed by atoms with van der Waals surface area (Å²) in [7, 11) is 1.63. The summed E-state index contributed by atoms with van der Waals surface area (Å²) >= 11 is 0. The molecular formula is C11H12N4O3. The fraction of sp³-hybridized carbons (Fsp3) is 0.182. The number of aromatic nitrogens is 2. The Morgan fingerprint density at radius 3 is 3.00 bits per heavy atom. The van der Waals surface area contributed by atoms with Crippen LogP contribution in [0.4, 0.5) is 5.82 Å². The summed E-state index contributed by atoms with van der Waals surface area (Å²) in [6.07, 6.45) is 1.33. The third kappa shape index (κ3) is 2.30. The van der Waals surface area contributed by atoms with E-state index in [1.165, 1.54) is 10.9 Å². The molecule has 18 heavy (non-hydrogen) atoms. The lowest BCUT2D eigenvalue weighted by atomic mass is 10.2. The Labute approximate surface area is 103 Å². The second-order valence-electron chi connectivity index (χ2n) is 3.69. The van der Waals surface area contributed by atoms with E-state index in [1.54, 1.807) is 25.2 Å². The van der Waals surface area contributed by atoms with Crippen molar-refractivity contribution in [3.05, 3.63) is 46.3 Å². The number of hydrogen-bond donors (Lipinski definition) is 1. The van der Waals surface area contributed by atoms with Crippen LogP contribution >= 0.6 is 0 Å². The van der Waals surface area contributed by atoms with Gasteiger partial charge in [0.2, 0.25) is 6.33 Å². The molecule has 0 unspecified atom stereocenters. The summed E-state index contributed by atoms with van der Waals surface area (Å²) in [5.74, 6) is 0.273. The largest absolute Gasteiger partial charge is 0.434 e. The quantitative estimate of drug-likeness (QED) is 0.654. The van der Waals surface area contributed by atoms with Gasteiger partial charge in [-0.2, -0.15) is 0 Å². The minimum atomic E-state index is -0.581. The molecule has 94 valence electrons. The summed E-state index contributed by atoms with van der Waals surface area (Å²) in [5.41, 5.74) is 6.41. The van der Waals surface area contributed by atoms with Crippen molar-refractivity contribution in [1.82, 2.24) is 9.55 Å². The number of nitrogens with zero attached hydrogens (tertiary/aromatic N) is 3. The standard InChI is InChI=1S/C11H12N4O3/c1-14-7-13-10(15(16)17)11(14)18-9-4-2-3-8(5-9)6-12/h2-5,7H,6,12H2,1H3. The Morgan fingerprint density at radius 2 is 2.33 bits per heavy atom. The summed E-state index contributed by atoms with van der Waals surface area (Å²) in [6.45, 7) is 0.380. The molecule has 7 nitrogen and oxygen atoms in total. The topological polar surface area (TPSA) is 96.2 Å². The molecule has 0 saturated heterocycles. The van der Waals surface area contributed by atoms with Gasteiger partial charge >= 0.3 is 11.7 Å². The van der Waals surface area contributed by atoms with Crippen LogP contribution in [-0.2, 0) is 13.6 Å². The molecule has 0 radical (unpaired) electrons. The van der Waals surface area contributed by atoms with Crippen molar-refractivity contribution < 1.29 is 9.66 Å². The van der Waals surface area contributed by atoms with Gasteiger partial charge in [-0.1, -0.05) is 12.1 Å². The first-order chi connectivity index (χ1) is 8.61. The van der Waals surface area contributed by atoms with E-state index in [-0.39, 0.29) is 11.7 Å². The molecule has 0 fully saturated rings. The van der Waals surface area contributed by atoms with Gasteiger partial charge in [0, 0.05) is 13.6 Å². The highest BCUT2D eigenvalue weighted by Gasteiger charge is 2.22. The smallest absolute Gasteiger partial charge is 0.427 e. The Hall–Kier alpha value is -2.41. The van der Waals surface area contributed by atoms with Crippen molar-refractivity contribution >= 4 is 5.82 Å². The number of benzene rings is 1. The van der Waals surface area contributed by atoms with Crippen molar-refractivity contribution in [2.24, 2.45) is 12.8 Å². The van der Waals surface area contributed by atoms with Crippen molar-refractivity contribution in [3.63, 3.8) is 0 Å². The highest BCUT2D eigenvalue weighted by atomic mass is 16.6. The maximum Gasteiger partial charge on any atom is 0.427 e. The summed E-state index contributed by atoms with van der Waals surface area (Å²) in [6, 6.07) is 7.07. The van der Waals surface area contributed by atoms with Crippen LogP contribution < -0.4 is 10.5 Å². The van der Waals surface area contributed by atoms with Crippen LogP contribution in [-0.4, -0.2) is 14.5 Å². The zero-order chi connectivity index (χ0) is 13.1. The first kappa shape index (κ1) is 12.1. The molecule has 2 aromatic rings. The van der Waals surface area contributed by atoms with Crippen LogP contribution in [0.15, 0.2) is 30.6 Å². The van der Waals surface area contributed by atoms with E-state index >= 15 is 0 Å². The molecule has 0 aliphatic rings. The Kier molecular flexibility index (Phi) is 3.24. The number of aryl methyl sites for hydroxylation is 1. The molecule has 0 aliphatic heterocycles. The van der Waals surface area contributed by atoms with E-state index in [0.717, 1.165) is 5.56 Å². The van der Waals surface area contributed by atoms with Crippen molar-refractivity contribution in [1.29, 1.82) is 0 Å². The number of ether oxygens (including phenoxy) is 1. The average molecular weight is 248 g/mol. The fourth-order valence-corrected chi connectivity index (χ4v) is 1.50. The van der Waals surface area contributed by atoms with Crippen molar-refractivity contribution in [2.75, 3.05) is 0 Å². The van der Waals surface area contributed by atoms with Gasteiger partial charge in [-0.05, 0) is 27.6 Å². The first-order valence-corrected chi connectivity index (χ1v) is 5.24. The molecule has 1 aromatic heterocycles. The maximum absolute atomic E-state index is 10.8. The molecule has 0 spiro atoms. The van der Waals surface area contributed by atoms with E-state index in [0.29, 0.717) is 12.3 Å². The van der Waals surface area contributed by atoms with E-state index < -0.39 is 4.92 Å². The normalized spacial score (nSPS) is 10.3. The number of nitro groups is 1. The van der Waals surface area contributed by atoms with Crippen LogP contribution in [0.3, 0.4) is 0 Å². The van der Waals surface area contributed by atoms with Crippen molar-refractivity contribution in [2.45, 2.75) is 6.54 Å². The molecule has 0 saturated carbocycles. The Balaban J connectivity index is 2.33. The fourth-order valence-electron chi connectivity index (χ4n) is 1.50. The lowest BCUT2D eigenvalue weighted by Gasteiger charge is -2.06. The summed E-state index contributed by atoms with van der Waals surface area (Å²) < 4.78 is 6.94. The molecule has 2 N–H and O–H groups in total. The highest BCUT2D eigenvalue weighted by molar-refractivity contribution is 5.39. The second-order valence-corrected chi connectivity index (χ2v) is 3.69. The molecule has 0 aliphatic carbocycles. The number of imidazole rings is 1. The molecular weight excluding hydrogens is 236 g/mol. The van der Waals surface area contributed by atoms with Gasteiger partial charge in [0.1, 0.15) is 5.75 Å². The number of nitrogens with two attached hydrogens (primary N) is 1. The third-order valence-electron chi connectivity index (χ3n) is 2.39. The molecule has 2 rings (SSSR count). The van der Waals surface area contributed by atoms with Crippen LogP contribution in [0.2, 0.25) is 0 Å². The van der Waals surface area contributed by atoms with Gasteiger partial charge in [-0.25, -0.2) is 0 Å². The summed E-state index contributed by atoms with van der Waals surface area (Å²) in [5, 5.41) is 10.8. The lowest BCUT2D eigenvalue weighted by Crippen LogP contribution is -1.99. The van der Waals surface area contributed by atoms with E-state index in [1.807, 2.05) is 6.07 Å². The number of hydrogen-bond acceptors (Lipinski definition) is 5. The third-order valence-corrected chi connectivity index (χ3v) is 2.39. The van der Waals surface area contributed by atoms with Gasteiger partial charge in [-0.3, -0.25) is 4.57 Å². The van der Waals surface area contributed by atoms with Crippen molar-refractivity contribution in [3.8, 4) is 11.6 Å². The zero-order valence-corrected chi connectivity index (χ0v) is 9.74. The van der Waals surface area contributed by atoms with E-state index in [2.05, 4.69) is 4.98 Å².